The number of nitrogens with zero attached hydrogens (tertiary/aromatic N) is 3. The molecular formula is C16H14BrN3O. The van der Waals surface area contributed by atoms with Crippen molar-refractivity contribution in [1.82, 2.24) is 14.5 Å². The van der Waals surface area contributed by atoms with Crippen molar-refractivity contribution in [2.75, 3.05) is 5.33 Å². The van der Waals surface area contributed by atoms with Gasteiger partial charge in [-0.05, 0) is 50.2 Å². The summed E-state index contributed by atoms with van der Waals surface area (Å²) < 4.78 is 2.00. The molecule has 1 aromatic carbocycles. The smallest absolute Gasteiger partial charge is 0.173 e. The third-order valence-corrected chi connectivity index (χ3v) is 3.89. The summed E-state index contributed by atoms with van der Waals surface area (Å²) in [6.45, 7) is 3.92. The average Bonchev–Trinajstić information content (AvgIpc) is 2.82. The minimum atomic E-state index is 0.0720. The van der Waals surface area contributed by atoms with E-state index in [1.165, 1.54) is 0 Å². The summed E-state index contributed by atoms with van der Waals surface area (Å²) in [7, 11) is 0. The first-order chi connectivity index (χ1) is 10.1. The Kier molecular flexibility index (Phi) is 3.59. The lowest BCUT2D eigenvalue weighted by atomic mass is 10.1. The van der Waals surface area contributed by atoms with Crippen LogP contribution in [0.5, 0.6) is 0 Å². The van der Waals surface area contributed by atoms with Gasteiger partial charge in [-0.25, -0.2) is 9.97 Å². The summed E-state index contributed by atoms with van der Waals surface area (Å²) in [6, 6.07) is 11.4. The van der Waals surface area contributed by atoms with E-state index in [0.717, 1.165) is 28.4 Å². The zero-order valence-electron chi connectivity index (χ0n) is 11.8. The number of halogens is 1. The highest BCUT2D eigenvalue weighted by Gasteiger charge is 2.11. The minimum Gasteiger partial charge on any atom is -0.293 e. The van der Waals surface area contributed by atoms with Crippen LogP contribution in [-0.2, 0) is 0 Å². The molecule has 0 unspecified atom stereocenters. The quantitative estimate of drug-likeness (QED) is 0.539. The molecule has 0 atom stereocenters. The van der Waals surface area contributed by atoms with Crippen molar-refractivity contribution in [2.24, 2.45) is 0 Å². The molecule has 5 heteroatoms. The van der Waals surface area contributed by atoms with Crippen LogP contribution in [0.2, 0.25) is 0 Å². The van der Waals surface area contributed by atoms with E-state index in [1.807, 2.05) is 54.8 Å². The average molecular weight is 344 g/mol. The molecule has 106 valence electrons. The van der Waals surface area contributed by atoms with Crippen LogP contribution in [0.3, 0.4) is 0 Å². The fraction of sp³-hybridized carbons (Fsp3) is 0.188. The molecule has 2 aromatic heterocycles. The molecule has 0 spiro atoms. The summed E-state index contributed by atoms with van der Waals surface area (Å²) in [5.74, 6) is 0.949. The van der Waals surface area contributed by atoms with Gasteiger partial charge < -0.3 is 0 Å². The van der Waals surface area contributed by atoms with E-state index in [4.69, 9.17) is 0 Å². The van der Waals surface area contributed by atoms with Gasteiger partial charge in [-0.2, -0.15) is 0 Å². The SMILES string of the molecule is Cc1ccc2nc(C)n(-c3ccc(C(=O)CBr)cc3)c2n1. The second-order valence-electron chi connectivity index (χ2n) is 4.89. The number of alkyl halides is 1. The van der Waals surface area contributed by atoms with Gasteiger partial charge in [-0.1, -0.05) is 15.9 Å². The Morgan fingerprint density at radius 1 is 1.10 bits per heavy atom. The first kappa shape index (κ1) is 13.9. The Balaban J connectivity index is 2.14. The first-order valence-electron chi connectivity index (χ1n) is 6.62. The van der Waals surface area contributed by atoms with Gasteiger partial charge >= 0.3 is 0 Å². The van der Waals surface area contributed by atoms with Gasteiger partial charge in [0.15, 0.2) is 11.4 Å². The molecule has 0 saturated carbocycles. The van der Waals surface area contributed by atoms with Gasteiger partial charge in [-0.3, -0.25) is 9.36 Å². The van der Waals surface area contributed by atoms with E-state index in [2.05, 4.69) is 25.9 Å². The number of pyridine rings is 1. The predicted molar refractivity (Wildman–Crippen MR) is 86.5 cm³/mol. The molecule has 4 nitrogen and oxygen atoms in total. The van der Waals surface area contributed by atoms with Crippen molar-refractivity contribution in [2.45, 2.75) is 13.8 Å². The monoisotopic (exact) mass is 343 g/mol. The van der Waals surface area contributed by atoms with Crippen molar-refractivity contribution >= 4 is 32.9 Å². The van der Waals surface area contributed by atoms with Crippen LogP contribution in [-0.4, -0.2) is 25.6 Å². The largest absolute Gasteiger partial charge is 0.293 e. The number of carbonyl (C=O) groups is 1. The highest BCUT2D eigenvalue weighted by molar-refractivity contribution is 9.09. The highest BCUT2D eigenvalue weighted by Crippen LogP contribution is 2.20. The van der Waals surface area contributed by atoms with Crippen molar-refractivity contribution in [3.8, 4) is 5.69 Å². The molecule has 0 N–H and O–H groups in total. The second kappa shape index (κ2) is 5.41. The van der Waals surface area contributed by atoms with Crippen molar-refractivity contribution in [3.63, 3.8) is 0 Å². The number of hydrogen-bond donors (Lipinski definition) is 0. The molecule has 3 rings (SSSR count). The molecular weight excluding hydrogens is 330 g/mol. The molecule has 21 heavy (non-hydrogen) atoms. The van der Waals surface area contributed by atoms with E-state index >= 15 is 0 Å². The lowest BCUT2D eigenvalue weighted by Crippen LogP contribution is -2.02. The molecule has 3 aromatic rings. The van der Waals surface area contributed by atoms with Crippen LogP contribution in [0.1, 0.15) is 21.9 Å². The summed E-state index contributed by atoms with van der Waals surface area (Å²) in [5, 5.41) is 0.333. The third kappa shape index (κ3) is 2.49. The van der Waals surface area contributed by atoms with Gasteiger partial charge in [0.05, 0.1) is 5.33 Å². The Morgan fingerprint density at radius 2 is 1.81 bits per heavy atom. The number of carbonyl (C=O) groups excluding carboxylic acids is 1. The van der Waals surface area contributed by atoms with E-state index < -0.39 is 0 Å². The zero-order chi connectivity index (χ0) is 15.0. The standard InChI is InChI=1S/C16H14BrN3O/c1-10-3-8-14-16(18-10)20(11(2)19-14)13-6-4-12(5-7-13)15(21)9-17/h3-8H,9H2,1-2H3. The van der Waals surface area contributed by atoms with Crippen molar-refractivity contribution < 1.29 is 4.79 Å². The number of fused-ring (bicyclic) bond motifs is 1. The Morgan fingerprint density at radius 3 is 2.48 bits per heavy atom. The minimum absolute atomic E-state index is 0.0720. The topological polar surface area (TPSA) is 47.8 Å². The van der Waals surface area contributed by atoms with Gasteiger partial charge in [0.25, 0.3) is 0 Å². The number of ketones is 1. The molecule has 0 aliphatic heterocycles. The molecule has 2 heterocycles. The van der Waals surface area contributed by atoms with Gasteiger partial charge in [0.1, 0.15) is 11.3 Å². The van der Waals surface area contributed by atoms with Gasteiger partial charge in [0, 0.05) is 16.9 Å². The first-order valence-corrected chi connectivity index (χ1v) is 7.74. The number of Topliss-reactive ketones (excluding diaryl/α,β-unsaturated/α-hetero) is 1. The Bertz CT molecular complexity index is 821. The summed E-state index contributed by atoms with van der Waals surface area (Å²) in [5.41, 5.74) is 4.32. The fourth-order valence-corrected chi connectivity index (χ4v) is 2.67. The summed E-state index contributed by atoms with van der Waals surface area (Å²) >= 11 is 3.19. The maximum atomic E-state index is 11.7. The van der Waals surface area contributed by atoms with E-state index in [0.29, 0.717) is 10.9 Å². The van der Waals surface area contributed by atoms with Crippen molar-refractivity contribution in [1.29, 1.82) is 0 Å². The number of aryl methyl sites for hydroxylation is 2. The maximum absolute atomic E-state index is 11.7. The number of rotatable bonds is 3. The summed E-state index contributed by atoms with van der Waals surface area (Å²) in [6.07, 6.45) is 0. The van der Waals surface area contributed by atoms with E-state index in [1.54, 1.807) is 0 Å². The van der Waals surface area contributed by atoms with Gasteiger partial charge in [-0.15, -0.1) is 0 Å². The molecule has 0 amide bonds. The highest BCUT2D eigenvalue weighted by atomic mass is 79.9. The number of hydrogen-bond acceptors (Lipinski definition) is 3. The normalized spacial score (nSPS) is 11.0. The molecule has 0 aliphatic rings. The van der Waals surface area contributed by atoms with E-state index in [-0.39, 0.29) is 5.78 Å². The zero-order valence-corrected chi connectivity index (χ0v) is 13.4. The third-order valence-electron chi connectivity index (χ3n) is 3.38. The van der Waals surface area contributed by atoms with Crippen LogP contribution < -0.4 is 0 Å². The van der Waals surface area contributed by atoms with Gasteiger partial charge in [0.2, 0.25) is 0 Å². The molecule has 0 aliphatic carbocycles. The fourth-order valence-electron chi connectivity index (χ4n) is 2.35. The number of benzene rings is 1. The van der Waals surface area contributed by atoms with Crippen LogP contribution >= 0.6 is 15.9 Å². The molecule has 0 radical (unpaired) electrons. The predicted octanol–water partition coefficient (Wildman–Crippen LogP) is 3.61. The van der Waals surface area contributed by atoms with Crippen LogP contribution in [0.4, 0.5) is 0 Å². The maximum Gasteiger partial charge on any atom is 0.173 e. The Hall–Kier alpha value is -2.01. The summed E-state index contributed by atoms with van der Waals surface area (Å²) in [4.78, 5) is 20.8. The second-order valence-corrected chi connectivity index (χ2v) is 5.45. The lowest BCUT2D eigenvalue weighted by Gasteiger charge is -2.07. The van der Waals surface area contributed by atoms with Crippen LogP contribution in [0.25, 0.3) is 16.9 Å². The molecule has 0 saturated heterocycles. The lowest BCUT2D eigenvalue weighted by molar-refractivity contribution is 0.102. The number of aromatic nitrogens is 3. The molecule has 0 fully saturated rings. The molecule has 0 bridgehead atoms. The van der Waals surface area contributed by atoms with E-state index in [9.17, 15) is 4.79 Å². The number of imidazole rings is 1. The van der Waals surface area contributed by atoms with Crippen LogP contribution in [0, 0.1) is 13.8 Å². The van der Waals surface area contributed by atoms with Crippen LogP contribution in [0.15, 0.2) is 36.4 Å². The van der Waals surface area contributed by atoms with Crippen molar-refractivity contribution in [3.05, 3.63) is 53.5 Å². The Labute approximate surface area is 131 Å².